The fourth-order valence-corrected chi connectivity index (χ4v) is 2.10. The molecule has 1 N–H and O–H groups in total. The van der Waals surface area contributed by atoms with Gasteiger partial charge < -0.3 is 10.1 Å². The maximum atomic E-state index is 5.38. The molecule has 0 aliphatic heterocycles. The zero-order valence-electron chi connectivity index (χ0n) is 11.5. The highest BCUT2D eigenvalue weighted by Crippen LogP contribution is 2.24. The van der Waals surface area contributed by atoms with E-state index in [0.717, 1.165) is 24.4 Å². The van der Waals surface area contributed by atoms with Gasteiger partial charge >= 0.3 is 0 Å². The normalized spacial score (nSPS) is 12.1. The third kappa shape index (κ3) is 3.80. The van der Waals surface area contributed by atoms with Gasteiger partial charge in [-0.25, -0.2) is 0 Å². The molecule has 1 aromatic heterocycles. The van der Waals surface area contributed by atoms with E-state index in [0.29, 0.717) is 0 Å². The van der Waals surface area contributed by atoms with Crippen molar-refractivity contribution >= 4 is 0 Å². The van der Waals surface area contributed by atoms with Crippen LogP contribution < -0.4 is 10.1 Å². The Bertz CT molecular complexity index is 499. The van der Waals surface area contributed by atoms with E-state index in [9.17, 15) is 0 Å². The fraction of sp³-hybridized carbons (Fsp3) is 0.312. The number of ether oxygens (including phenoxy) is 1. The average Bonchev–Trinajstić information content (AvgIpc) is 2.48. The fourth-order valence-electron chi connectivity index (χ4n) is 2.10. The van der Waals surface area contributed by atoms with Crippen molar-refractivity contribution in [1.82, 2.24) is 10.3 Å². The molecule has 0 bridgehead atoms. The Hall–Kier alpha value is -1.87. The van der Waals surface area contributed by atoms with Crippen molar-refractivity contribution in [2.45, 2.75) is 19.4 Å². The number of hydrogen-bond acceptors (Lipinski definition) is 3. The zero-order chi connectivity index (χ0) is 13.5. The molecular weight excluding hydrogens is 236 g/mol. The molecule has 0 fully saturated rings. The predicted molar refractivity (Wildman–Crippen MR) is 77.4 cm³/mol. The van der Waals surface area contributed by atoms with Gasteiger partial charge in [-0.3, -0.25) is 4.98 Å². The molecule has 0 aliphatic carbocycles. The van der Waals surface area contributed by atoms with Gasteiger partial charge in [-0.15, -0.1) is 0 Å². The summed E-state index contributed by atoms with van der Waals surface area (Å²) >= 11 is 0. The van der Waals surface area contributed by atoms with E-state index in [1.165, 1.54) is 5.56 Å². The summed E-state index contributed by atoms with van der Waals surface area (Å²) in [6, 6.07) is 14.4. The average molecular weight is 256 g/mol. The minimum absolute atomic E-state index is 0.264. The van der Waals surface area contributed by atoms with E-state index in [1.807, 2.05) is 36.5 Å². The number of aromatic nitrogens is 1. The molecule has 2 rings (SSSR count). The third-order valence-electron chi connectivity index (χ3n) is 3.16. The molecular formula is C16H20N2O. The standard InChI is InChI=1S/C16H20N2O/c1-13(15-8-3-4-9-16(15)19-2)17-12-10-14-7-5-6-11-18-14/h3-9,11,13,17H,10,12H2,1-2H3/t13-/m1/s1. The van der Waals surface area contributed by atoms with Crippen LogP contribution in [0.4, 0.5) is 0 Å². The molecule has 100 valence electrons. The number of nitrogens with zero attached hydrogens (tertiary/aromatic N) is 1. The summed E-state index contributed by atoms with van der Waals surface area (Å²) in [5, 5.41) is 3.50. The van der Waals surface area contributed by atoms with Gasteiger partial charge in [0.25, 0.3) is 0 Å². The monoisotopic (exact) mass is 256 g/mol. The van der Waals surface area contributed by atoms with Crippen LogP contribution >= 0.6 is 0 Å². The van der Waals surface area contributed by atoms with Crippen molar-refractivity contribution in [2.24, 2.45) is 0 Å². The van der Waals surface area contributed by atoms with Crippen molar-refractivity contribution in [1.29, 1.82) is 0 Å². The quantitative estimate of drug-likeness (QED) is 0.862. The van der Waals surface area contributed by atoms with E-state index in [4.69, 9.17) is 4.74 Å². The zero-order valence-corrected chi connectivity index (χ0v) is 11.5. The first-order chi connectivity index (χ1) is 9.31. The van der Waals surface area contributed by atoms with Gasteiger partial charge in [-0.2, -0.15) is 0 Å². The third-order valence-corrected chi connectivity index (χ3v) is 3.16. The molecule has 0 radical (unpaired) electrons. The minimum Gasteiger partial charge on any atom is -0.496 e. The van der Waals surface area contributed by atoms with Crippen molar-refractivity contribution in [2.75, 3.05) is 13.7 Å². The molecule has 1 atom stereocenters. The van der Waals surface area contributed by atoms with Crippen molar-refractivity contribution in [3.05, 3.63) is 59.9 Å². The number of benzene rings is 1. The molecule has 3 heteroatoms. The maximum Gasteiger partial charge on any atom is 0.123 e. The number of hydrogen-bond donors (Lipinski definition) is 1. The number of nitrogens with one attached hydrogen (secondary N) is 1. The second kappa shape index (κ2) is 6.90. The van der Waals surface area contributed by atoms with E-state index in [-0.39, 0.29) is 6.04 Å². The molecule has 1 heterocycles. The highest BCUT2D eigenvalue weighted by Gasteiger charge is 2.09. The lowest BCUT2D eigenvalue weighted by Gasteiger charge is -2.17. The first-order valence-corrected chi connectivity index (χ1v) is 6.57. The smallest absolute Gasteiger partial charge is 0.123 e. The van der Waals surface area contributed by atoms with Gasteiger partial charge in [0.2, 0.25) is 0 Å². The minimum atomic E-state index is 0.264. The van der Waals surface area contributed by atoms with Crippen LogP contribution in [0, 0.1) is 0 Å². The van der Waals surface area contributed by atoms with Crippen LogP contribution in [0.15, 0.2) is 48.7 Å². The van der Waals surface area contributed by atoms with Crippen LogP contribution in [0.2, 0.25) is 0 Å². The number of rotatable bonds is 6. The van der Waals surface area contributed by atoms with Crippen LogP contribution in [-0.4, -0.2) is 18.6 Å². The summed E-state index contributed by atoms with van der Waals surface area (Å²) in [5.74, 6) is 0.931. The second-order valence-corrected chi connectivity index (χ2v) is 4.49. The lowest BCUT2D eigenvalue weighted by atomic mass is 10.1. The van der Waals surface area contributed by atoms with Gasteiger partial charge in [0.15, 0.2) is 0 Å². The van der Waals surface area contributed by atoms with Crippen molar-refractivity contribution in [3.63, 3.8) is 0 Å². The van der Waals surface area contributed by atoms with Crippen molar-refractivity contribution < 1.29 is 4.74 Å². The Balaban J connectivity index is 1.89. The molecule has 0 spiro atoms. The van der Waals surface area contributed by atoms with E-state index >= 15 is 0 Å². The van der Waals surface area contributed by atoms with Crippen LogP contribution in [0.3, 0.4) is 0 Å². The second-order valence-electron chi connectivity index (χ2n) is 4.49. The van der Waals surface area contributed by atoms with Gasteiger partial charge in [-0.1, -0.05) is 24.3 Å². The number of methoxy groups -OCH3 is 1. The molecule has 0 amide bonds. The summed E-state index contributed by atoms with van der Waals surface area (Å²) in [6.07, 6.45) is 2.76. The highest BCUT2D eigenvalue weighted by atomic mass is 16.5. The van der Waals surface area contributed by atoms with Gasteiger partial charge in [0, 0.05) is 36.5 Å². The Morgan fingerprint density at radius 2 is 1.95 bits per heavy atom. The number of para-hydroxylation sites is 1. The number of pyridine rings is 1. The Labute approximate surface area is 114 Å². The molecule has 0 saturated heterocycles. The Morgan fingerprint density at radius 3 is 2.68 bits per heavy atom. The molecule has 3 nitrogen and oxygen atoms in total. The highest BCUT2D eigenvalue weighted by molar-refractivity contribution is 5.35. The van der Waals surface area contributed by atoms with Crippen molar-refractivity contribution in [3.8, 4) is 5.75 Å². The van der Waals surface area contributed by atoms with E-state index in [2.05, 4.69) is 29.4 Å². The summed E-state index contributed by atoms with van der Waals surface area (Å²) in [7, 11) is 1.71. The van der Waals surface area contributed by atoms with Gasteiger partial charge in [0.05, 0.1) is 7.11 Å². The Kier molecular flexibility index (Phi) is 4.93. The van der Waals surface area contributed by atoms with Gasteiger partial charge in [0.1, 0.15) is 5.75 Å². The Morgan fingerprint density at radius 1 is 1.16 bits per heavy atom. The summed E-state index contributed by atoms with van der Waals surface area (Å²) < 4.78 is 5.38. The van der Waals surface area contributed by atoms with Gasteiger partial charge in [-0.05, 0) is 25.1 Å². The SMILES string of the molecule is COc1ccccc1[C@@H](C)NCCc1ccccn1. The lowest BCUT2D eigenvalue weighted by Crippen LogP contribution is -2.22. The van der Waals surface area contributed by atoms with Crippen LogP contribution in [0.25, 0.3) is 0 Å². The van der Waals surface area contributed by atoms with Crippen LogP contribution in [-0.2, 0) is 6.42 Å². The molecule has 0 saturated carbocycles. The van der Waals surface area contributed by atoms with E-state index in [1.54, 1.807) is 7.11 Å². The first kappa shape index (κ1) is 13.6. The molecule has 0 aliphatic rings. The molecule has 19 heavy (non-hydrogen) atoms. The summed E-state index contributed by atoms with van der Waals surface area (Å²) in [5.41, 5.74) is 2.30. The van der Waals surface area contributed by atoms with E-state index < -0.39 is 0 Å². The van der Waals surface area contributed by atoms with Crippen LogP contribution in [0.5, 0.6) is 5.75 Å². The lowest BCUT2D eigenvalue weighted by molar-refractivity contribution is 0.402. The molecule has 1 aromatic carbocycles. The molecule has 0 unspecified atom stereocenters. The topological polar surface area (TPSA) is 34.1 Å². The molecule has 2 aromatic rings. The largest absolute Gasteiger partial charge is 0.496 e. The first-order valence-electron chi connectivity index (χ1n) is 6.57. The summed E-state index contributed by atoms with van der Waals surface area (Å²) in [4.78, 5) is 4.32. The summed E-state index contributed by atoms with van der Waals surface area (Å²) in [6.45, 7) is 3.05. The van der Waals surface area contributed by atoms with Crippen LogP contribution in [0.1, 0.15) is 24.2 Å². The maximum absolute atomic E-state index is 5.38. The predicted octanol–water partition coefficient (Wildman–Crippen LogP) is 2.98.